The molecule has 18 heavy (non-hydrogen) atoms. The Hall–Kier alpha value is -1.89. The van der Waals surface area contributed by atoms with Gasteiger partial charge in [-0.1, -0.05) is 5.16 Å². The van der Waals surface area contributed by atoms with Crippen molar-refractivity contribution in [2.75, 3.05) is 19.8 Å². The Kier molecular flexibility index (Phi) is 4.30. The van der Waals surface area contributed by atoms with E-state index in [0.29, 0.717) is 24.0 Å². The Balaban J connectivity index is 2.00. The summed E-state index contributed by atoms with van der Waals surface area (Å²) in [4.78, 5) is 0. The van der Waals surface area contributed by atoms with Crippen molar-refractivity contribution in [1.82, 2.24) is 10.2 Å². The van der Waals surface area contributed by atoms with Crippen LogP contribution in [0.3, 0.4) is 0 Å². The summed E-state index contributed by atoms with van der Waals surface area (Å²) in [5.74, 6) is 0.701. The van der Waals surface area contributed by atoms with Crippen LogP contribution < -0.4 is 10.5 Å². The van der Waals surface area contributed by atoms with E-state index in [4.69, 9.17) is 20.4 Å². The maximum Gasteiger partial charge on any atom is 0.244 e. The van der Waals surface area contributed by atoms with Crippen molar-refractivity contribution < 1.29 is 14.7 Å². The monoisotopic (exact) mass is 252 g/mol. The van der Waals surface area contributed by atoms with Gasteiger partial charge in [-0.25, -0.2) is 0 Å². The summed E-state index contributed by atoms with van der Waals surface area (Å²) in [5, 5.41) is 19.2. The molecule has 98 valence electrons. The second kappa shape index (κ2) is 6.15. The molecule has 7 nitrogen and oxygen atoms in total. The third kappa shape index (κ3) is 3.07. The maximum atomic E-state index is 8.67. The summed E-state index contributed by atoms with van der Waals surface area (Å²) >= 11 is 0. The van der Waals surface area contributed by atoms with Crippen LogP contribution >= 0.6 is 0 Å². The minimum Gasteiger partial charge on any atom is -0.476 e. The minimum atomic E-state index is -0.0353. The Morgan fingerprint density at radius 1 is 1.56 bits per heavy atom. The number of ether oxygens (including phenoxy) is 2. The molecule has 2 rings (SSSR count). The van der Waals surface area contributed by atoms with Crippen molar-refractivity contribution in [3.63, 3.8) is 0 Å². The number of amidine groups is 1. The number of aromatic nitrogens is 2. The smallest absolute Gasteiger partial charge is 0.244 e. The van der Waals surface area contributed by atoms with Gasteiger partial charge in [0.25, 0.3) is 0 Å². The van der Waals surface area contributed by atoms with Crippen molar-refractivity contribution in [2.24, 2.45) is 16.8 Å². The van der Waals surface area contributed by atoms with Crippen molar-refractivity contribution in [3.8, 4) is 5.88 Å². The molecule has 0 bridgehead atoms. The summed E-state index contributed by atoms with van der Waals surface area (Å²) in [6.45, 7) is 2.07. The Labute approximate surface area is 105 Å². The lowest BCUT2D eigenvalue weighted by Crippen LogP contribution is -2.23. The molecule has 7 heteroatoms. The summed E-state index contributed by atoms with van der Waals surface area (Å²) in [6.07, 6.45) is 3.41. The highest BCUT2D eigenvalue weighted by molar-refractivity contribution is 5.98. The number of hydrogen-bond acceptors (Lipinski definition) is 6. The van der Waals surface area contributed by atoms with E-state index < -0.39 is 0 Å². The van der Waals surface area contributed by atoms with E-state index >= 15 is 0 Å². The molecule has 0 radical (unpaired) electrons. The summed E-state index contributed by atoms with van der Waals surface area (Å²) in [7, 11) is 0. The van der Waals surface area contributed by atoms with Crippen molar-refractivity contribution in [2.45, 2.75) is 12.8 Å². The Morgan fingerprint density at radius 3 is 3.06 bits per heavy atom. The lowest BCUT2D eigenvalue weighted by atomic mass is 10.0. The second-order valence-corrected chi connectivity index (χ2v) is 4.10. The van der Waals surface area contributed by atoms with E-state index in [1.165, 1.54) is 6.20 Å². The third-order valence-electron chi connectivity index (χ3n) is 2.87. The average Bonchev–Trinajstić information content (AvgIpc) is 2.45. The van der Waals surface area contributed by atoms with Gasteiger partial charge in [0, 0.05) is 13.2 Å². The molecule has 1 aromatic rings. The molecular formula is C11H16N4O3. The van der Waals surface area contributed by atoms with Crippen LogP contribution in [0.1, 0.15) is 18.4 Å². The van der Waals surface area contributed by atoms with Gasteiger partial charge in [-0.3, -0.25) is 0 Å². The van der Waals surface area contributed by atoms with Crippen LogP contribution in [-0.4, -0.2) is 41.1 Å². The average molecular weight is 252 g/mol. The van der Waals surface area contributed by atoms with Gasteiger partial charge in [0.2, 0.25) is 5.88 Å². The van der Waals surface area contributed by atoms with Crippen LogP contribution in [0.5, 0.6) is 5.88 Å². The zero-order valence-corrected chi connectivity index (χ0v) is 9.95. The first kappa shape index (κ1) is 12.6. The Morgan fingerprint density at radius 2 is 2.33 bits per heavy atom. The minimum absolute atomic E-state index is 0.0353. The third-order valence-corrected chi connectivity index (χ3v) is 2.87. The van der Waals surface area contributed by atoms with Crippen LogP contribution in [0, 0.1) is 5.92 Å². The molecule has 0 saturated carbocycles. The molecule has 0 aliphatic carbocycles. The predicted molar refractivity (Wildman–Crippen MR) is 63.6 cm³/mol. The molecule has 1 aliphatic rings. The number of oxime groups is 1. The number of hydrogen-bond donors (Lipinski definition) is 2. The summed E-state index contributed by atoms with van der Waals surface area (Å²) in [5.41, 5.74) is 5.98. The molecule has 1 aromatic heterocycles. The highest BCUT2D eigenvalue weighted by atomic mass is 16.5. The summed E-state index contributed by atoms with van der Waals surface area (Å²) in [6, 6.07) is 1.60. The topological polar surface area (TPSA) is 103 Å². The van der Waals surface area contributed by atoms with E-state index in [0.717, 1.165) is 26.1 Å². The lowest BCUT2D eigenvalue weighted by Gasteiger charge is -2.22. The fourth-order valence-electron chi connectivity index (χ4n) is 1.78. The highest BCUT2D eigenvalue weighted by Gasteiger charge is 2.16. The molecule has 0 spiro atoms. The van der Waals surface area contributed by atoms with Crippen LogP contribution in [0.2, 0.25) is 0 Å². The van der Waals surface area contributed by atoms with Crippen molar-refractivity contribution in [3.05, 3.63) is 17.8 Å². The van der Waals surface area contributed by atoms with Crippen LogP contribution in [0.15, 0.2) is 17.4 Å². The molecule has 2 heterocycles. The second-order valence-electron chi connectivity index (χ2n) is 4.10. The molecule has 1 fully saturated rings. The highest BCUT2D eigenvalue weighted by Crippen LogP contribution is 2.18. The molecule has 1 aliphatic heterocycles. The first-order chi connectivity index (χ1) is 8.81. The first-order valence-electron chi connectivity index (χ1n) is 5.81. The van der Waals surface area contributed by atoms with E-state index in [1.54, 1.807) is 6.07 Å². The standard InChI is InChI=1S/C11H16N4O3/c12-10(15-16)9-1-4-13-14-11(9)18-7-8-2-5-17-6-3-8/h1,4,8,16H,2-3,5-7H2,(H2,12,15). The lowest BCUT2D eigenvalue weighted by molar-refractivity contribution is 0.0488. The zero-order chi connectivity index (χ0) is 12.8. The van der Waals surface area contributed by atoms with Crippen LogP contribution in [0.25, 0.3) is 0 Å². The largest absolute Gasteiger partial charge is 0.476 e. The van der Waals surface area contributed by atoms with Crippen molar-refractivity contribution >= 4 is 5.84 Å². The van der Waals surface area contributed by atoms with E-state index in [1.807, 2.05) is 0 Å². The molecule has 0 amide bonds. The van der Waals surface area contributed by atoms with E-state index in [9.17, 15) is 0 Å². The fraction of sp³-hybridized carbons (Fsp3) is 0.545. The van der Waals surface area contributed by atoms with Crippen LogP contribution in [0.4, 0.5) is 0 Å². The number of nitrogens with zero attached hydrogens (tertiary/aromatic N) is 3. The van der Waals surface area contributed by atoms with Crippen LogP contribution in [-0.2, 0) is 4.74 Å². The molecule has 0 aromatic carbocycles. The normalized spacial score (nSPS) is 17.7. The SMILES string of the molecule is N/C(=N/O)c1ccnnc1OCC1CCOCC1. The van der Waals surface area contributed by atoms with Gasteiger partial charge in [0.15, 0.2) is 5.84 Å². The van der Waals surface area contributed by atoms with Gasteiger partial charge in [0.1, 0.15) is 0 Å². The molecule has 1 saturated heterocycles. The fourth-order valence-corrected chi connectivity index (χ4v) is 1.78. The van der Waals surface area contributed by atoms with E-state index in [-0.39, 0.29) is 5.84 Å². The first-order valence-corrected chi connectivity index (χ1v) is 5.81. The molecule has 0 unspecified atom stereocenters. The van der Waals surface area contributed by atoms with Gasteiger partial charge in [-0.15, -0.1) is 5.10 Å². The zero-order valence-electron chi connectivity index (χ0n) is 9.95. The van der Waals surface area contributed by atoms with Gasteiger partial charge in [-0.2, -0.15) is 5.10 Å². The predicted octanol–water partition coefficient (Wildman–Crippen LogP) is 0.376. The Bertz CT molecular complexity index is 419. The molecule has 0 atom stereocenters. The molecular weight excluding hydrogens is 236 g/mol. The van der Waals surface area contributed by atoms with Gasteiger partial charge in [-0.05, 0) is 24.8 Å². The van der Waals surface area contributed by atoms with Crippen molar-refractivity contribution in [1.29, 1.82) is 0 Å². The number of rotatable bonds is 4. The van der Waals surface area contributed by atoms with Gasteiger partial charge < -0.3 is 20.4 Å². The summed E-state index contributed by atoms with van der Waals surface area (Å²) < 4.78 is 10.9. The number of nitrogens with two attached hydrogens (primary N) is 1. The maximum absolute atomic E-state index is 8.67. The van der Waals surface area contributed by atoms with E-state index in [2.05, 4.69) is 15.4 Å². The quantitative estimate of drug-likeness (QED) is 0.347. The van der Waals surface area contributed by atoms with Gasteiger partial charge in [0.05, 0.1) is 18.4 Å². The van der Waals surface area contributed by atoms with Gasteiger partial charge >= 0.3 is 0 Å². The molecule has 3 N–H and O–H groups in total.